The van der Waals surface area contributed by atoms with Gasteiger partial charge in [0.15, 0.2) is 12.6 Å². The van der Waals surface area contributed by atoms with Crippen molar-refractivity contribution in [2.24, 2.45) is 11.8 Å². The number of carbonyl (C=O) groups is 2. The topological polar surface area (TPSA) is 178 Å². The first-order valence-corrected chi connectivity index (χ1v) is 27.6. The number of hydrogen-bond donors (Lipinski definition) is 1. The van der Waals surface area contributed by atoms with Crippen molar-refractivity contribution in [1.29, 1.82) is 0 Å². The maximum absolute atomic E-state index is 13.6. The summed E-state index contributed by atoms with van der Waals surface area (Å²) in [5, 5.41) is 17.0. The van der Waals surface area contributed by atoms with E-state index in [-0.39, 0.29) is 47.5 Å². The monoisotopic (exact) mass is 1020 g/mol. The molecule has 1 amide bonds. The molecule has 0 radical (unpaired) electrons. The van der Waals surface area contributed by atoms with Gasteiger partial charge in [-0.1, -0.05) is 39.0 Å². The van der Waals surface area contributed by atoms with Crippen LogP contribution in [0.3, 0.4) is 0 Å². The number of aromatic nitrogens is 4. The third kappa shape index (κ3) is 9.28. The molecule has 5 fully saturated rings. The number of anilines is 1. The number of fused-ring (bicyclic) bond motifs is 7. The number of carbonyl (C=O) groups excluding carboxylic acids is 1. The lowest BCUT2D eigenvalue weighted by Crippen LogP contribution is -2.58. The highest BCUT2D eigenvalue weighted by atomic mass is 28.1. The quantitative estimate of drug-likeness (QED) is 0.0802. The normalized spacial score (nSPS) is 25.7. The smallest absolute Gasteiger partial charge is 0.410 e. The number of hydrogen-bond acceptors (Lipinski definition) is 15. The molecule has 2 aromatic carbocycles. The van der Waals surface area contributed by atoms with Crippen molar-refractivity contribution in [2.75, 3.05) is 71.3 Å². The number of pyridine rings is 1. The highest BCUT2D eigenvalue weighted by molar-refractivity contribution is 6.16. The molecule has 6 aliphatic rings. The van der Waals surface area contributed by atoms with E-state index in [0.717, 1.165) is 132 Å². The van der Waals surface area contributed by atoms with Crippen molar-refractivity contribution in [1.82, 2.24) is 34.8 Å². The Hall–Kier alpha value is -5.56. The van der Waals surface area contributed by atoms with Crippen molar-refractivity contribution < 1.29 is 42.9 Å². The lowest BCUT2D eigenvalue weighted by Gasteiger charge is -2.44. The number of nitrogens with zero attached hydrogens (tertiary/aromatic N) is 8. The molecule has 3 aromatic heterocycles. The predicted molar refractivity (Wildman–Crippen MR) is 280 cm³/mol. The summed E-state index contributed by atoms with van der Waals surface area (Å²) in [5.41, 5.74) is 4.30. The molecule has 18 heteroatoms. The number of rotatable bonds is 15. The van der Waals surface area contributed by atoms with Gasteiger partial charge >= 0.3 is 18.1 Å². The van der Waals surface area contributed by atoms with Gasteiger partial charge in [0.2, 0.25) is 0 Å². The molecule has 1 N–H and O–H groups in total. The third-order valence-corrected chi connectivity index (χ3v) is 18.3. The van der Waals surface area contributed by atoms with Gasteiger partial charge < -0.3 is 43.1 Å². The Morgan fingerprint density at radius 2 is 1.75 bits per heavy atom. The lowest BCUT2D eigenvalue weighted by atomic mass is 9.79. The van der Waals surface area contributed by atoms with E-state index in [4.69, 9.17) is 43.2 Å². The number of carboxylic acid groups (broad SMARTS) is 1. The van der Waals surface area contributed by atoms with E-state index in [1.54, 1.807) is 13.2 Å². The zero-order valence-corrected chi connectivity index (χ0v) is 45.8. The van der Waals surface area contributed by atoms with Gasteiger partial charge in [-0.3, -0.25) is 19.6 Å². The molecule has 5 aromatic rings. The minimum absolute atomic E-state index is 0.00875. The number of aliphatic carboxylic acids is 1. The number of benzene rings is 2. The van der Waals surface area contributed by atoms with Crippen LogP contribution in [0, 0.1) is 11.8 Å². The highest BCUT2D eigenvalue weighted by Gasteiger charge is 2.56. The Morgan fingerprint density at radius 3 is 2.48 bits per heavy atom. The van der Waals surface area contributed by atoms with Gasteiger partial charge in [-0.05, 0) is 137 Å². The lowest BCUT2D eigenvalue weighted by molar-refractivity contribution is -0.140. The van der Waals surface area contributed by atoms with Gasteiger partial charge in [-0.25, -0.2) is 4.79 Å². The van der Waals surface area contributed by atoms with E-state index in [1.807, 2.05) is 45.7 Å². The van der Waals surface area contributed by atoms with E-state index < -0.39 is 17.5 Å². The van der Waals surface area contributed by atoms with Gasteiger partial charge in [-0.2, -0.15) is 9.97 Å². The first-order valence-electron chi connectivity index (χ1n) is 26.6. The van der Waals surface area contributed by atoms with E-state index >= 15 is 0 Å². The molecule has 5 unspecified atom stereocenters. The molecule has 73 heavy (non-hydrogen) atoms. The van der Waals surface area contributed by atoms with E-state index in [2.05, 4.69) is 57.1 Å². The maximum Gasteiger partial charge on any atom is 0.410 e. The number of piperidine rings is 1. The molecule has 6 atom stereocenters. The summed E-state index contributed by atoms with van der Waals surface area (Å²) in [6.45, 7) is 18.3. The van der Waals surface area contributed by atoms with Crippen LogP contribution in [-0.4, -0.2) is 157 Å². The molecule has 17 nitrogen and oxygen atoms in total. The Morgan fingerprint density at radius 1 is 0.973 bits per heavy atom. The molecular formula is C55H72N8O9Si. The minimum atomic E-state index is -0.923. The second-order valence-electron chi connectivity index (χ2n) is 23.4. The second kappa shape index (κ2) is 19.3. The fraction of sp³-hybridized carbons (Fsp3) is 0.600. The number of ether oxygens (including phenoxy) is 5. The van der Waals surface area contributed by atoms with Crippen molar-refractivity contribution in [3.05, 3.63) is 59.5 Å². The van der Waals surface area contributed by atoms with Crippen LogP contribution in [0.25, 0.3) is 32.9 Å². The van der Waals surface area contributed by atoms with Crippen molar-refractivity contribution in [2.45, 2.75) is 133 Å². The molecule has 1 aliphatic carbocycles. The number of carboxylic acids is 1. The zero-order valence-electron chi connectivity index (χ0n) is 43.8. The molecule has 5 aliphatic heterocycles. The average Bonchev–Trinajstić information content (AvgIpc) is 4.13. The first-order chi connectivity index (χ1) is 35.0. The van der Waals surface area contributed by atoms with Crippen LogP contribution in [0.5, 0.6) is 17.6 Å². The number of amides is 1. The average molecular weight is 1020 g/mol. The van der Waals surface area contributed by atoms with Crippen LogP contribution < -0.4 is 19.1 Å². The van der Waals surface area contributed by atoms with Gasteiger partial charge in [0.25, 0.3) is 5.88 Å². The minimum Gasteiger partial charge on any atom is -0.481 e. The number of piperazine rings is 1. The Bertz CT molecular complexity index is 2890. The van der Waals surface area contributed by atoms with Crippen LogP contribution in [0.1, 0.15) is 122 Å². The van der Waals surface area contributed by atoms with E-state index in [1.165, 1.54) is 10.9 Å². The molecule has 0 spiro atoms. The summed E-state index contributed by atoms with van der Waals surface area (Å²) in [6.07, 6.45) is 9.98. The number of likely N-dealkylation sites (tertiary alicyclic amines) is 1. The fourth-order valence-electron chi connectivity index (χ4n) is 13.5. The maximum atomic E-state index is 13.6. The standard InChI is InChI=1S/C55H72N8O9Si/c1-32(2)44(50(64)65)42-24-43(59-72-42)68-28-34-14-20-60(21-15-34)29-55(73)18-17-54(16-9-19-62(54)55)30-69-51-57-48-41(49(58-51)61-26-36-12-13-37(27-61)63(36)52(66)71-53(4,5)6)25-56-47-40-23-38(70-31-67-7)22-35-10-8-11-39(46(35)40)33(3)45(47)48/h8,10-11,22-25,32-34,36-37,44H,9,12-21,26-31H2,1-7,73H3,(H,64,65)/t33?,36?,37?,44?,54?,55-/m1/s1. The predicted octanol–water partition coefficient (Wildman–Crippen LogP) is 7.55. The second-order valence-corrected chi connectivity index (χ2v) is 25.3. The SMILES string of the molecule is COCOc1cc2c3c(cccc3c1)C(C)c1c-2ncc2c(N3CC4CCC(C3)N4C(=O)OC(C)(C)C)nc(OCC34CCCN3[C@]([SiH3])(CN3CCC(COc5cc(C(C(=O)O)C(C)C)on5)CC3)CC4)nc12. The molecular weight excluding hydrogens is 945 g/mol. The number of methoxy groups -OCH3 is 1. The van der Waals surface area contributed by atoms with E-state index in [9.17, 15) is 14.7 Å². The summed E-state index contributed by atoms with van der Waals surface area (Å²) in [7, 11) is 2.66. The van der Waals surface area contributed by atoms with Crippen LogP contribution in [0.2, 0.25) is 0 Å². The Balaban J connectivity index is 0.844. The summed E-state index contributed by atoms with van der Waals surface area (Å²) in [6, 6.07) is 12.6. The summed E-state index contributed by atoms with van der Waals surface area (Å²) < 4.78 is 35.8. The molecule has 2 bridgehead atoms. The molecule has 0 saturated carbocycles. The van der Waals surface area contributed by atoms with Gasteiger partial charge in [0.1, 0.15) is 29.7 Å². The van der Waals surface area contributed by atoms with Crippen molar-refractivity contribution in [3.8, 4) is 28.9 Å². The molecule has 8 heterocycles. The van der Waals surface area contributed by atoms with Crippen molar-refractivity contribution in [3.63, 3.8) is 0 Å². The first kappa shape index (κ1) is 49.6. The zero-order chi connectivity index (χ0) is 51.0. The Kier molecular flexibility index (Phi) is 13.1. The van der Waals surface area contributed by atoms with Crippen LogP contribution >= 0.6 is 0 Å². The fourth-order valence-corrected chi connectivity index (χ4v) is 14.9. The highest BCUT2D eigenvalue weighted by Crippen LogP contribution is 2.51. The molecule has 11 rings (SSSR count). The summed E-state index contributed by atoms with van der Waals surface area (Å²) in [4.78, 5) is 51.3. The van der Waals surface area contributed by atoms with Crippen molar-refractivity contribution >= 4 is 49.8 Å². The largest absolute Gasteiger partial charge is 0.481 e. The van der Waals surface area contributed by atoms with Crippen LogP contribution in [0.15, 0.2) is 47.1 Å². The van der Waals surface area contributed by atoms with E-state index in [0.29, 0.717) is 49.9 Å². The van der Waals surface area contributed by atoms with Crippen LogP contribution in [0.4, 0.5) is 10.6 Å². The van der Waals surface area contributed by atoms with Gasteiger partial charge in [0, 0.05) is 71.5 Å². The van der Waals surface area contributed by atoms with Gasteiger partial charge in [0.05, 0.1) is 40.8 Å². The molecule has 390 valence electrons. The Labute approximate surface area is 430 Å². The van der Waals surface area contributed by atoms with Gasteiger partial charge in [-0.15, -0.1) is 0 Å². The van der Waals surface area contributed by atoms with Crippen LogP contribution in [-0.2, 0) is 14.3 Å². The third-order valence-electron chi connectivity index (χ3n) is 16.9. The molecule has 5 saturated heterocycles. The summed E-state index contributed by atoms with van der Waals surface area (Å²) in [5.74, 6) is 0.774. The summed E-state index contributed by atoms with van der Waals surface area (Å²) >= 11 is 0.